The Hall–Kier alpha value is -0.0400. The second-order valence-corrected chi connectivity index (χ2v) is 8.86. The van der Waals surface area contributed by atoms with E-state index in [0.29, 0.717) is 10.8 Å². The second-order valence-electron chi connectivity index (χ2n) is 8.86. The summed E-state index contributed by atoms with van der Waals surface area (Å²) in [6, 6.07) is 0. The van der Waals surface area contributed by atoms with Crippen molar-refractivity contribution in [2.45, 2.75) is 71.1 Å². The monoisotopic (exact) mass is 261 g/mol. The highest BCUT2D eigenvalue weighted by molar-refractivity contribution is 5.10. The zero-order valence-corrected chi connectivity index (χ0v) is 12.7. The minimum absolute atomic E-state index is 0.537. The van der Waals surface area contributed by atoms with Crippen LogP contribution in [0.5, 0.6) is 0 Å². The Kier molecular flexibility index (Phi) is 2.82. The van der Waals surface area contributed by atoms with E-state index in [4.69, 9.17) is 5.73 Å². The van der Waals surface area contributed by atoms with Gasteiger partial charge in [-0.1, -0.05) is 19.8 Å². The van der Waals surface area contributed by atoms with Crippen LogP contribution in [-0.2, 0) is 0 Å². The fourth-order valence-electron chi connectivity index (χ4n) is 7.03. The van der Waals surface area contributed by atoms with Gasteiger partial charge in [0.15, 0.2) is 0 Å². The topological polar surface area (TPSA) is 26.0 Å². The van der Waals surface area contributed by atoms with Gasteiger partial charge in [-0.3, -0.25) is 0 Å². The molecule has 0 radical (unpaired) electrons. The van der Waals surface area contributed by atoms with Crippen LogP contribution in [-0.4, -0.2) is 6.54 Å². The molecule has 4 bridgehead atoms. The molecule has 5 aliphatic rings. The van der Waals surface area contributed by atoms with Gasteiger partial charge in [-0.25, -0.2) is 0 Å². The molecular formula is C18H31N. The van der Waals surface area contributed by atoms with Crippen molar-refractivity contribution in [3.63, 3.8) is 0 Å². The first-order valence-corrected chi connectivity index (χ1v) is 8.85. The summed E-state index contributed by atoms with van der Waals surface area (Å²) in [5.41, 5.74) is 7.62. The summed E-state index contributed by atoms with van der Waals surface area (Å²) in [7, 11) is 0. The molecule has 0 aromatic heterocycles. The van der Waals surface area contributed by atoms with Crippen LogP contribution in [0, 0.1) is 34.5 Å². The van der Waals surface area contributed by atoms with Crippen LogP contribution < -0.4 is 5.73 Å². The average molecular weight is 261 g/mol. The molecule has 5 saturated carbocycles. The molecule has 5 fully saturated rings. The summed E-state index contributed by atoms with van der Waals surface area (Å²) in [6.07, 6.45) is 15.1. The quantitative estimate of drug-likeness (QED) is 0.785. The van der Waals surface area contributed by atoms with Gasteiger partial charge in [-0.2, -0.15) is 0 Å². The van der Waals surface area contributed by atoms with Gasteiger partial charge in [0, 0.05) is 0 Å². The number of hydrogen-bond donors (Lipinski definition) is 1. The first kappa shape index (κ1) is 12.7. The average Bonchev–Trinajstić information content (AvgIpc) is 2.38. The Labute approximate surface area is 118 Å². The molecule has 0 amide bonds. The van der Waals surface area contributed by atoms with Crippen molar-refractivity contribution in [2.24, 2.45) is 40.2 Å². The van der Waals surface area contributed by atoms with E-state index in [1.807, 2.05) is 0 Å². The summed E-state index contributed by atoms with van der Waals surface area (Å²) in [4.78, 5) is 0. The smallest absolute Gasteiger partial charge is 0.00152 e. The van der Waals surface area contributed by atoms with Gasteiger partial charge in [-0.05, 0) is 92.4 Å². The van der Waals surface area contributed by atoms with E-state index in [2.05, 4.69) is 6.92 Å². The van der Waals surface area contributed by atoms with E-state index in [1.165, 1.54) is 25.7 Å². The largest absolute Gasteiger partial charge is 0.330 e. The SMILES string of the molecule is CC1CCC(CN)(C23CC4CC(CC(C4)C2)C3)CC1. The molecule has 5 rings (SSSR count). The molecule has 1 nitrogen and oxygen atoms in total. The van der Waals surface area contributed by atoms with Crippen LogP contribution in [0.25, 0.3) is 0 Å². The van der Waals surface area contributed by atoms with Gasteiger partial charge in [-0.15, -0.1) is 0 Å². The Morgan fingerprint density at radius 3 is 1.79 bits per heavy atom. The summed E-state index contributed by atoms with van der Waals surface area (Å²) in [6.45, 7) is 3.42. The van der Waals surface area contributed by atoms with Crippen LogP contribution >= 0.6 is 0 Å². The van der Waals surface area contributed by atoms with Crippen molar-refractivity contribution in [3.05, 3.63) is 0 Å². The zero-order valence-electron chi connectivity index (χ0n) is 12.7. The Bertz CT molecular complexity index is 315. The predicted octanol–water partition coefficient (Wildman–Crippen LogP) is 4.36. The molecule has 0 aliphatic heterocycles. The molecule has 0 unspecified atom stereocenters. The van der Waals surface area contributed by atoms with Crippen LogP contribution in [0.4, 0.5) is 0 Å². The normalized spacial score (nSPS) is 56.5. The minimum atomic E-state index is 0.537. The lowest BCUT2D eigenvalue weighted by Crippen LogP contribution is -2.58. The fraction of sp³-hybridized carbons (Fsp3) is 1.00. The van der Waals surface area contributed by atoms with Crippen molar-refractivity contribution in [1.29, 1.82) is 0 Å². The highest BCUT2D eigenvalue weighted by atomic mass is 14.7. The molecule has 0 aromatic carbocycles. The van der Waals surface area contributed by atoms with Crippen LogP contribution in [0.2, 0.25) is 0 Å². The van der Waals surface area contributed by atoms with Crippen LogP contribution in [0.1, 0.15) is 71.1 Å². The predicted molar refractivity (Wildman–Crippen MR) is 79.7 cm³/mol. The Balaban J connectivity index is 1.66. The second kappa shape index (κ2) is 4.23. The lowest BCUT2D eigenvalue weighted by Gasteiger charge is -2.65. The van der Waals surface area contributed by atoms with Crippen molar-refractivity contribution >= 4 is 0 Å². The molecule has 0 atom stereocenters. The van der Waals surface area contributed by atoms with E-state index in [0.717, 1.165) is 30.2 Å². The van der Waals surface area contributed by atoms with Crippen molar-refractivity contribution < 1.29 is 0 Å². The standard InChI is InChI=1S/C18H31N/c1-13-2-4-17(12-19,5-3-13)18-9-14-6-15(10-18)8-16(7-14)11-18/h13-16H,2-12,19H2,1H3. The molecule has 0 saturated heterocycles. The third-order valence-electron chi connectivity index (χ3n) is 7.79. The molecule has 1 heteroatoms. The Morgan fingerprint density at radius 2 is 1.37 bits per heavy atom. The van der Waals surface area contributed by atoms with Crippen molar-refractivity contribution in [1.82, 2.24) is 0 Å². The molecular weight excluding hydrogens is 230 g/mol. The maximum absolute atomic E-state index is 6.41. The molecule has 108 valence electrons. The van der Waals surface area contributed by atoms with Gasteiger partial charge in [0.25, 0.3) is 0 Å². The van der Waals surface area contributed by atoms with E-state index in [9.17, 15) is 0 Å². The number of rotatable bonds is 2. The summed E-state index contributed by atoms with van der Waals surface area (Å²) in [5.74, 6) is 4.19. The third-order valence-corrected chi connectivity index (χ3v) is 7.79. The maximum atomic E-state index is 6.41. The van der Waals surface area contributed by atoms with Crippen molar-refractivity contribution in [2.75, 3.05) is 6.54 Å². The summed E-state index contributed by atoms with van der Waals surface area (Å²) in [5, 5.41) is 0. The lowest BCUT2D eigenvalue weighted by atomic mass is 9.40. The minimum Gasteiger partial charge on any atom is -0.330 e. The molecule has 5 aliphatic carbocycles. The van der Waals surface area contributed by atoms with E-state index >= 15 is 0 Å². The fourth-order valence-corrected chi connectivity index (χ4v) is 7.03. The van der Waals surface area contributed by atoms with Crippen molar-refractivity contribution in [3.8, 4) is 0 Å². The maximum Gasteiger partial charge on any atom is -0.00152 e. The van der Waals surface area contributed by atoms with Crippen LogP contribution in [0.15, 0.2) is 0 Å². The van der Waals surface area contributed by atoms with E-state index in [1.54, 1.807) is 38.5 Å². The summed E-state index contributed by atoms with van der Waals surface area (Å²) >= 11 is 0. The number of hydrogen-bond acceptors (Lipinski definition) is 1. The zero-order chi connectivity index (χ0) is 13.1. The number of nitrogens with two attached hydrogens (primary N) is 1. The molecule has 19 heavy (non-hydrogen) atoms. The lowest BCUT2D eigenvalue weighted by molar-refractivity contribution is -0.144. The van der Waals surface area contributed by atoms with Gasteiger partial charge in [0.1, 0.15) is 0 Å². The van der Waals surface area contributed by atoms with Gasteiger partial charge in [0.2, 0.25) is 0 Å². The van der Waals surface area contributed by atoms with E-state index in [-0.39, 0.29) is 0 Å². The third kappa shape index (κ3) is 1.76. The highest BCUT2D eigenvalue weighted by Gasteiger charge is 2.59. The Morgan fingerprint density at radius 1 is 0.895 bits per heavy atom. The van der Waals surface area contributed by atoms with Gasteiger partial charge < -0.3 is 5.73 Å². The van der Waals surface area contributed by atoms with Crippen LogP contribution in [0.3, 0.4) is 0 Å². The van der Waals surface area contributed by atoms with Gasteiger partial charge >= 0.3 is 0 Å². The first-order valence-electron chi connectivity index (χ1n) is 8.85. The molecule has 0 spiro atoms. The first-order chi connectivity index (χ1) is 9.15. The van der Waals surface area contributed by atoms with E-state index < -0.39 is 0 Å². The molecule has 2 N–H and O–H groups in total. The highest BCUT2D eigenvalue weighted by Crippen LogP contribution is 2.68. The molecule has 0 heterocycles. The molecule has 0 aromatic rings. The summed E-state index contributed by atoms with van der Waals surface area (Å²) < 4.78 is 0. The van der Waals surface area contributed by atoms with Gasteiger partial charge in [0.05, 0.1) is 0 Å².